The summed E-state index contributed by atoms with van der Waals surface area (Å²) in [5.41, 5.74) is -0.683. The maximum atomic E-state index is 14.7. The molecule has 3 aromatic heterocycles. The maximum absolute atomic E-state index is 14.7. The van der Waals surface area contributed by atoms with Gasteiger partial charge in [0.1, 0.15) is 16.9 Å². The molecule has 0 aliphatic carbocycles. The largest absolute Gasteiger partial charge is 0.281 e. The zero-order valence-corrected chi connectivity index (χ0v) is 16.2. The highest BCUT2D eigenvalue weighted by Gasteiger charge is 2.35. The molecular formula is C17H19F3N6O2S. The van der Waals surface area contributed by atoms with Crippen molar-refractivity contribution in [3.63, 3.8) is 0 Å². The van der Waals surface area contributed by atoms with Crippen LogP contribution >= 0.6 is 0 Å². The number of piperidine rings is 1. The molecule has 0 atom stereocenters. The van der Waals surface area contributed by atoms with E-state index in [1.54, 1.807) is 0 Å². The van der Waals surface area contributed by atoms with Gasteiger partial charge in [-0.3, -0.25) is 4.68 Å². The van der Waals surface area contributed by atoms with Crippen molar-refractivity contribution in [1.82, 2.24) is 28.7 Å². The summed E-state index contributed by atoms with van der Waals surface area (Å²) in [7, 11) is -3.96. The first-order chi connectivity index (χ1) is 15.2. The molecular weight excluding hydrogens is 409 g/mol. The van der Waals surface area contributed by atoms with Crippen LogP contribution in [0.25, 0.3) is 5.65 Å². The molecule has 12 heteroatoms. The van der Waals surface area contributed by atoms with E-state index in [0.717, 1.165) is 17.9 Å². The molecule has 0 spiro atoms. The molecule has 0 N–H and O–H groups in total. The minimum atomic E-state index is -5.06. The summed E-state index contributed by atoms with van der Waals surface area (Å²) < 4.78 is 104. The topological polar surface area (TPSA) is 85.4 Å². The summed E-state index contributed by atoms with van der Waals surface area (Å²) >= 11 is 0. The zero-order chi connectivity index (χ0) is 24.5. The second-order valence-electron chi connectivity index (χ2n) is 6.56. The molecule has 0 amide bonds. The van der Waals surface area contributed by atoms with E-state index in [1.165, 1.54) is 13.1 Å². The molecule has 8 nitrogen and oxygen atoms in total. The molecule has 0 bridgehead atoms. The molecule has 1 aliphatic heterocycles. The Hall–Kier alpha value is -2.47. The third-order valence-corrected chi connectivity index (χ3v) is 6.48. The van der Waals surface area contributed by atoms with Gasteiger partial charge < -0.3 is 0 Å². The molecule has 4 rings (SSSR count). The molecule has 4 heterocycles. The zero-order valence-electron chi connectivity index (χ0n) is 19.3. The molecule has 0 unspecified atom stereocenters. The Morgan fingerprint density at radius 1 is 1.28 bits per heavy atom. The van der Waals surface area contributed by atoms with Crippen LogP contribution in [0.3, 0.4) is 0 Å². The van der Waals surface area contributed by atoms with Gasteiger partial charge in [0.25, 0.3) is 6.43 Å². The third kappa shape index (κ3) is 3.19. The van der Waals surface area contributed by atoms with E-state index in [2.05, 4.69) is 15.2 Å². The lowest BCUT2D eigenvalue weighted by Gasteiger charge is -2.32. The second kappa shape index (κ2) is 7.10. The van der Waals surface area contributed by atoms with Crippen molar-refractivity contribution in [1.29, 1.82) is 0 Å². The number of aromatic nitrogens is 5. The van der Waals surface area contributed by atoms with Gasteiger partial charge in [-0.05, 0) is 36.8 Å². The molecule has 0 saturated carbocycles. The number of sulfonamides is 1. The van der Waals surface area contributed by atoms with Crippen LogP contribution in [0.2, 0.25) is 0 Å². The summed E-state index contributed by atoms with van der Waals surface area (Å²) in [4.78, 5) is 2.82. The average Bonchev–Trinajstić information content (AvgIpc) is 3.28. The Labute approximate surface area is 170 Å². The summed E-state index contributed by atoms with van der Waals surface area (Å²) in [6.45, 7) is -4.24. The van der Waals surface area contributed by atoms with E-state index in [0.29, 0.717) is 10.9 Å². The first-order valence-corrected chi connectivity index (χ1v) is 9.96. The van der Waals surface area contributed by atoms with E-state index in [9.17, 15) is 21.6 Å². The van der Waals surface area contributed by atoms with Gasteiger partial charge in [-0.1, -0.05) is 0 Å². The summed E-state index contributed by atoms with van der Waals surface area (Å²) in [5, 5.41) is 7.39. The normalized spacial score (nSPS) is 22.4. The third-order valence-electron chi connectivity index (χ3n) is 4.87. The minimum absolute atomic E-state index is 0.0217. The van der Waals surface area contributed by atoms with Crippen molar-refractivity contribution in [2.45, 2.75) is 37.0 Å². The minimum Gasteiger partial charge on any atom is -0.265 e. The van der Waals surface area contributed by atoms with E-state index >= 15 is 0 Å². The number of halogens is 3. The van der Waals surface area contributed by atoms with Crippen molar-refractivity contribution >= 4 is 15.7 Å². The molecule has 1 saturated heterocycles. The number of fused-ring (bicyclic) bond motifs is 1. The molecule has 1 aliphatic rings. The number of rotatable bonds is 4. The van der Waals surface area contributed by atoms with E-state index in [-0.39, 0.29) is 21.1 Å². The van der Waals surface area contributed by atoms with Crippen molar-refractivity contribution in [2.24, 2.45) is 7.05 Å². The van der Waals surface area contributed by atoms with E-state index < -0.39 is 64.6 Å². The maximum Gasteiger partial charge on any atom is 0.281 e. The lowest BCUT2D eigenvalue weighted by molar-refractivity contribution is 0.137. The standard InChI is InChI=1S/C17H19F3N6O2S/c1-10-12(8-26-17(14(10)18)21-9-23-26)11-3-5-25(6-4-11)29(27,28)13-7-22-24(2)15(13)16(19)20/h7-9,11,16H,3-6H2,1-2H3/i5D2,6D2. The van der Waals surface area contributed by atoms with Crippen LogP contribution in [-0.2, 0) is 17.1 Å². The highest BCUT2D eigenvalue weighted by atomic mass is 32.2. The highest BCUT2D eigenvalue weighted by molar-refractivity contribution is 7.89. The Morgan fingerprint density at radius 2 is 1.97 bits per heavy atom. The van der Waals surface area contributed by atoms with Crippen molar-refractivity contribution in [2.75, 3.05) is 13.0 Å². The first-order valence-electron chi connectivity index (χ1n) is 10.5. The summed E-state index contributed by atoms with van der Waals surface area (Å²) in [6, 6.07) is 0. The number of hydrogen-bond acceptors (Lipinski definition) is 5. The number of aryl methyl sites for hydroxylation is 1. The van der Waals surface area contributed by atoms with Crippen LogP contribution in [0.4, 0.5) is 13.2 Å². The van der Waals surface area contributed by atoms with Gasteiger partial charge in [-0.25, -0.2) is 31.1 Å². The predicted octanol–water partition coefficient (Wildman–Crippen LogP) is 2.42. The lowest BCUT2D eigenvalue weighted by Crippen LogP contribution is -2.38. The van der Waals surface area contributed by atoms with Gasteiger partial charge in [-0.15, -0.1) is 0 Å². The molecule has 29 heavy (non-hydrogen) atoms. The predicted molar refractivity (Wildman–Crippen MR) is 96.6 cm³/mol. The average molecular weight is 432 g/mol. The SMILES string of the molecule is [2H]C1([2H])CC(c2cn3ncnc3c(F)c2C)CC([2H])([2H])N1S(=O)(=O)c1cnn(C)c1C(F)F. The van der Waals surface area contributed by atoms with Gasteiger partial charge in [0, 0.05) is 31.7 Å². The molecule has 1 fully saturated rings. The van der Waals surface area contributed by atoms with E-state index in [1.807, 2.05) is 0 Å². The fraction of sp³-hybridized carbons (Fsp3) is 0.471. The van der Waals surface area contributed by atoms with Crippen LogP contribution in [0.5, 0.6) is 0 Å². The monoisotopic (exact) mass is 432 g/mol. The molecule has 0 radical (unpaired) electrons. The van der Waals surface area contributed by atoms with Crippen LogP contribution in [0, 0.1) is 12.7 Å². The number of hydrogen-bond donors (Lipinski definition) is 0. The van der Waals surface area contributed by atoms with Crippen molar-refractivity contribution < 1.29 is 27.1 Å². The van der Waals surface area contributed by atoms with Crippen molar-refractivity contribution in [3.05, 3.63) is 41.4 Å². The Kier molecular flexibility index (Phi) is 3.76. The fourth-order valence-electron chi connectivity index (χ4n) is 3.31. The quantitative estimate of drug-likeness (QED) is 0.632. The molecule has 0 aromatic carbocycles. The smallest absolute Gasteiger partial charge is 0.265 e. The number of nitrogens with zero attached hydrogens (tertiary/aromatic N) is 6. The van der Waals surface area contributed by atoms with Crippen LogP contribution in [0.1, 0.15) is 47.5 Å². The first kappa shape index (κ1) is 15.4. The van der Waals surface area contributed by atoms with Crippen molar-refractivity contribution in [3.8, 4) is 0 Å². The van der Waals surface area contributed by atoms with Crippen LogP contribution in [0.15, 0.2) is 23.6 Å². The van der Waals surface area contributed by atoms with Gasteiger partial charge in [0.15, 0.2) is 11.5 Å². The number of pyridine rings is 1. The van der Waals surface area contributed by atoms with Gasteiger partial charge >= 0.3 is 0 Å². The Balaban J connectivity index is 1.80. The van der Waals surface area contributed by atoms with Gasteiger partial charge in [0.05, 0.1) is 6.20 Å². The summed E-state index contributed by atoms with van der Waals surface area (Å²) in [5.74, 6) is -1.65. The lowest BCUT2D eigenvalue weighted by atomic mass is 9.88. The second-order valence-corrected chi connectivity index (χ2v) is 8.32. The number of alkyl halides is 2. The van der Waals surface area contributed by atoms with Crippen LogP contribution < -0.4 is 0 Å². The Morgan fingerprint density at radius 3 is 2.62 bits per heavy atom. The Bertz CT molecular complexity index is 1330. The summed E-state index contributed by atoms with van der Waals surface area (Å²) in [6.07, 6.45) is -1.15. The van der Waals surface area contributed by atoms with Gasteiger partial charge in [0.2, 0.25) is 10.0 Å². The molecule has 3 aromatic rings. The fourth-order valence-corrected chi connectivity index (χ4v) is 4.66. The van der Waals surface area contributed by atoms with Crippen LogP contribution in [-0.4, -0.2) is 50.1 Å². The highest BCUT2D eigenvalue weighted by Crippen LogP contribution is 2.35. The van der Waals surface area contributed by atoms with Gasteiger partial charge in [-0.2, -0.15) is 14.5 Å². The molecule has 156 valence electrons. The van der Waals surface area contributed by atoms with E-state index in [4.69, 9.17) is 5.48 Å².